The van der Waals surface area contributed by atoms with E-state index < -0.39 is 23.2 Å². The number of ether oxygens (including phenoxy) is 2. The van der Waals surface area contributed by atoms with Crippen LogP contribution in [0, 0.1) is 0 Å². The summed E-state index contributed by atoms with van der Waals surface area (Å²) >= 11 is 0. The van der Waals surface area contributed by atoms with Gasteiger partial charge in [0, 0.05) is 17.4 Å². The summed E-state index contributed by atoms with van der Waals surface area (Å²) in [4.78, 5) is 17.7. The van der Waals surface area contributed by atoms with Crippen LogP contribution in [0.5, 0.6) is 0 Å². The van der Waals surface area contributed by atoms with E-state index in [1.807, 2.05) is 38.1 Å². The number of esters is 1. The van der Waals surface area contributed by atoms with Crippen LogP contribution >= 0.6 is 0 Å². The molecule has 32 heavy (non-hydrogen) atoms. The number of benzene rings is 2. The molecule has 2 heterocycles. The molecule has 0 radical (unpaired) electrons. The molecular formula is C24H23F3N2O3. The van der Waals surface area contributed by atoms with Crippen molar-refractivity contribution in [3.8, 4) is 0 Å². The van der Waals surface area contributed by atoms with Crippen LogP contribution in [0.15, 0.2) is 53.5 Å². The fourth-order valence-electron chi connectivity index (χ4n) is 3.84. The number of nitrogens with zero attached hydrogens (tertiary/aromatic N) is 2. The van der Waals surface area contributed by atoms with Gasteiger partial charge in [-0.1, -0.05) is 30.3 Å². The normalized spacial score (nSPS) is 15.5. The molecule has 0 spiro atoms. The van der Waals surface area contributed by atoms with E-state index in [-0.39, 0.29) is 18.8 Å². The first-order valence-corrected chi connectivity index (χ1v) is 10.3. The molecule has 0 amide bonds. The number of fused-ring (bicyclic) bond motifs is 1. The zero-order chi connectivity index (χ0) is 23.1. The molecule has 1 aliphatic rings. The molecule has 1 aliphatic heterocycles. The van der Waals surface area contributed by atoms with Gasteiger partial charge in [0.2, 0.25) is 5.90 Å². The van der Waals surface area contributed by atoms with Crippen molar-refractivity contribution in [3.63, 3.8) is 0 Å². The second kappa shape index (κ2) is 8.00. The molecule has 0 fully saturated rings. The van der Waals surface area contributed by atoms with Crippen LogP contribution in [0.1, 0.15) is 48.0 Å². The molecular weight excluding hydrogens is 421 g/mol. The minimum Gasteiger partial charge on any atom is -0.475 e. The Labute approximate surface area is 183 Å². The van der Waals surface area contributed by atoms with Crippen LogP contribution in [0.25, 0.3) is 10.9 Å². The van der Waals surface area contributed by atoms with Gasteiger partial charge in [-0.15, -0.1) is 0 Å². The molecule has 1 aromatic heterocycles. The third kappa shape index (κ3) is 4.09. The van der Waals surface area contributed by atoms with Crippen molar-refractivity contribution < 1.29 is 27.4 Å². The lowest BCUT2D eigenvalue weighted by Gasteiger charge is -2.13. The maximum atomic E-state index is 13.2. The van der Waals surface area contributed by atoms with Crippen LogP contribution in [-0.2, 0) is 22.2 Å². The summed E-state index contributed by atoms with van der Waals surface area (Å²) < 4.78 is 52.5. The first-order chi connectivity index (χ1) is 15.1. The van der Waals surface area contributed by atoms with Gasteiger partial charge in [0.15, 0.2) is 0 Å². The quantitative estimate of drug-likeness (QED) is 0.493. The van der Waals surface area contributed by atoms with Gasteiger partial charge in [-0.25, -0.2) is 9.79 Å². The number of rotatable bonds is 5. The molecule has 0 N–H and O–H groups in total. The van der Waals surface area contributed by atoms with Gasteiger partial charge in [0.05, 0.1) is 23.3 Å². The fraction of sp³-hybridized carbons (Fsp3) is 0.333. The number of hydrogen-bond acceptors (Lipinski definition) is 4. The molecule has 4 rings (SSSR count). The van der Waals surface area contributed by atoms with Crippen molar-refractivity contribution in [2.24, 2.45) is 4.99 Å². The molecule has 3 aromatic rings. The van der Waals surface area contributed by atoms with Gasteiger partial charge in [-0.3, -0.25) is 0 Å². The first-order valence-electron chi connectivity index (χ1n) is 10.3. The summed E-state index contributed by atoms with van der Waals surface area (Å²) in [7, 11) is 0. The third-order valence-corrected chi connectivity index (χ3v) is 5.21. The highest BCUT2D eigenvalue weighted by Gasteiger charge is 2.34. The van der Waals surface area contributed by atoms with Crippen LogP contribution in [0.2, 0.25) is 0 Å². The smallest absolute Gasteiger partial charge is 0.416 e. The average Bonchev–Trinajstić information content (AvgIpc) is 3.25. The van der Waals surface area contributed by atoms with Gasteiger partial charge in [-0.2, -0.15) is 13.2 Å². The number of alkyl halides is 3. The van der Waals surface area contributed by atoms with E-state index in [0.717, 1.165) is 17.5 Å². The molecule has 0 bridgehead atoms. The largest absolute Gasteiger partial charge is 0.475 e. The summed E-state index contributed by atoms with van der Waals surface area (Å²) in [6.45, 7) is 6.11. The Morgan fingerprint density at radius 2 is 1.94 bits per heavy atom. The summed E-state index contributed by atoms with van der Waals surface area (Å²) in [5.41, 5.74) is 0.602. The minimum absolute atomic E-state index is 0.0508. The predicted octanol–water partition coefficient (Wildman–Crippen LogP) is 5.44. The second-order valence-corrected chi connectivity index (χ2v) is 8.26. The first kappa shape index (κ1) is 21.9. The molecule has 2 aromatic carbocycles. The van der Waals surface area contributed by atoms with Crippen LogP contribution in [-0.4, -0.2) is 35.2 Å². The number of hydrogen-bond donors (Lipinski definition) is 0. The van der Waals surface area contributed by atoms with Crippen LogP contribution < -0.4 is 0 Å². The summed E-state index contributed by atoms with van der Waals surface area (Å²) in [6.07, 6.45) is -4.46. The molecule has 168 valence electrons. The lowest BCUT2D eigenvalue weighted by molar-refractivity contribution is -0.137. The Morgan fingerprint density at radius 1 is 1.19 bits per heavy atom. The van der Waals surface area contributed by atoms with Gasteiger partial charge in [0.25, 0.3) is 0 Å². The topological polar surface area (TPSA) is 52.8 Å². The Bertz CT molecular complexity index is 1210. The number of aromatic nitrogens is 1. The number of carbonyl (C=O) groups excluding carboxylic acids is 1. The number of para-hydroxylation sites is 1. The average molecular weight is 444 g/mol. The van der Waals surface area contributed by atoms with Crippen molar-refractivity contribution in [2.45, 2.75) is 39.0 Å². The molecule has 8 heteroatoms. The van der Waals surface area contributed by atoms with Crippen LogP contribution in [0.3, 0.4) is 0 Å². The maximum absolute atomic E-state index is 13.2. The Morgan fingerprint density at radius 3 is 2.59 bits per heavy atom. The molecule has 0 aliphatic carbocycles. The lowest BCUT2D eigenvalue weighted by Crippen LogP contribution is -2.17. The zero-order valence-electron chi connectivity index (χ0n) is 18.0. The summed E-state index contributed by atoms with van der Waals surface area (Å²) in [6, 6.07) is 12.4. The van der Waals surface area contributed by atoms with Gasteiger partial charge >= 0.3 is 12.1 Å². The van der Waals surface area contributed by atoms with Gasteiger partial charge in [-0.05, 0) is 44.5 Å². The maximum Gasteiger partial charge on any atom is 0.416 e. The monoisotopic (exact) mass is 444 g/mol. The van der Waals surface area contributed by atoms with E-state index in [2.05, 4.69) is 4.99 Å². The second-order valence-electron chi connectivity index (χ2n) is 8.26. The SMILES string of the molecule is CCOC(=O)c1c(C2=NC(C)(C)CO2)c2ccccc2n1Cc1cccc(C(F)(F)F)c1. The van der Waals surface area contributed by atoms with E-state index in [1.165, 1.54) is 6.07 Å². The molecule has 0 saturated carbocycles. The van der Waals surface area contributed by atoms with E-state index in [0.29, 0.717) is 29.1 Å². The Hall–Kier alpha value is -3.29. The Kier molecular flexibility index (Phi) is 5.48. The van der Waals surface area contributed by atoms with Gasteiger partial charge < -0.3 is 14.0 Å². The molecule has 0 atom stereocenters. The molecule has 5 nitrogen and oxygen atoms in total. The van der Waals surface area contributed by atoms with E-state index in [4.69, 9.17) is 9.47 Å². The Balaban J connectivity index is 1.93. The highest BCUT2D eigenvalue weighted by atomic mass is 19.4. The predicted molar refractivity (Wildman–Crippen MR) is 115 cm³/mol. The summed E-state index contributed by atoms with van der Waals surface area (Å²) in [5, 5.41) is 0.721. The van der Waals surface area contributed by atoms with Crippen molar-refractivity contribution in [3.05, 3.63) is 70.9 Å². The van der Waals surface area contributed by atoms with Gasteiger partial charge in [0.1, 0.15) is 12.3 Å². The van der Waals surface area contributed by atoms with Crippen molar-refractivity contribution in [2.75, 3.05) is 13.2 Å². The summed E-state index contributed by atoms with van der Waals surface area (Å²) in [5.74, 6) is -0.251. The zero-order valence-corrected chi connectivity index (χ0v) is 18.0. The van der Waals surface area contributed by atoms with E-state index in [9.17, 15) is 18.0 Å². The molecule has 0 saturated heterocycles. The van der Waals surface area contributed by atoms with E-state index >= 15 is 0 Å². The third-order valence-electron chi connectivity index (χ3n) is 5.21. The highest BCUT2D eigenvalue weighted by molar-refractivity contribution is 6.15. The highest BCUT2D eigenvalue weighted by Crippen LogP contribution is 2.33. The number of aliphatic imine (C=N–C) groups is 1. The number of halogens is 3. The fourth-order valence-corrected chi connectivity index (χ4v) is 3.84. The standard InChI is InChI=1S/C24H23F3N2O3/c1-4-31-22(30)20-19(21-28-23(2,3)14-32-21)17-10-5-6-11-18(17)29(20)13-15-8-7-9-16(12-15)24(25,26)27/h5-12H,4,13-14H2,1-3H3. The lowest BCUT2D eigenvalue weighted by atomic mass is 10.1. The van der Waals surface area contributed by atoms with E-state index in [1.54, 1.807) is 17.6 Å². The van der Waals surface area contributed by atoms with Crippen molar-refractivity contribution in [1.29, 1.82) is 0 Å². The van der Waals surface area contributed by atoms with Crippen LogP contribution in [0.4, 0.5) is 13.2 Å². The number of carbonyl (C=O) groups is 1. The molecule has 0 unspecified atom stereocenters. The minimum atomic E-state index is -4.46. The van der Waals surface area contributed by atoms with Crippen molar-refractivity contribution in [1.82, 2.24) is 4.57 Å². The van der Waals surface area contributed by atoms with Crippen molar-refractivity contribution >= 4 is 22.8 Å².